The maximum absolute atomic E-state index is 2.55. The highest BCUT2D eigenvalue weighted by molar-refractivity contribution is 6.20. The Kier molecular flexibility index (Phi) is 7.03. The van der Waals surface area contributed by atoms with Gasteiger partial charge in [0.25, 0.3) is 0 Å². The van der Waals surface area contributed by atoms with Gasteiger partial charge in [-0.1, -0.05) is 170 Å². The summed E-state index contributed by atoms with van der Waals surface area (Å²) < 4.78 is 2.42. The van der Waals surface area contributed by atoms with Crippen molar-refractivity contribution in [2.45, 2.75) is 11.8 Å². The summed E-state index contributed by atoms with van der Waals surface area (Å²) in [4.78, 5) is 2.55. The molecular weight excluding hydrogens is 725 g/mol. The summed E-state index contributed by atoms with van der Waals surface area (Å²) in [5.41, 5.74) is 17.5. The molecule has 0 N–H and O–H groups in total. The fraction of sp³-hybridized carbons (Fsp3) is 0.0345. The van der Waals surface area contributed by atoms with Crippen molar-refractivity contribution >= 4 is 60.4 Å². The van der Waals surface area contributed by atoms with Crippen LogP contribution in [0.15, 0.2) is 218 Å². The molecule has 2 nitrogen and oxygen atoms in total. The molecule has 0 saturated heterocycles. The molecule has 0 radical (unpaired) electrons. The van der Waals surface area contributed by atoms with Crippen molar-refractivity contribution in [1.29, 1.82) is 0 Å². The van der Waals surface area contributed by atoms with Gasteiger partial charge in [-0.05, 0) is 116 Å². The van der Waals surface area contributed by atoms with Crippen LogP contribution in [0.5, 0.6) is 0 Å². The Morgan fingerprint density at radius 2 is 0.950 bits per heavy atom. The summed E-state index contributed by atoms with van der Waals surface area (Å²) in [7, 11) is 0. The maximum atomic E-state index is 2.55. The van der Waals surface area contributed by atoms with Crippen LogP contribution in [0.4, 0.5) is 17.1 Å². The zero-order valence-corrected chi connectivity index (χ0v) is 32.9. The van der Waals surface area contributed by atoms with Crippen molar-refractivity contribution in [3.63, 3.8) is 0 Å². The standard InChI is InChI=1S/C58H38N2/c1-2-18-40(19-3-1)59-53-30-15-11-26-48(53)57-54(59)31-16-32-55(57)60(56-35-38-17-4-5-20-42(38)43-21-6-7-25-47(43)56)41-34-33-39-37-58(52-29-14-10-24-46(52)49(39)36-41)50-27-12-8-22-44(50)45-23-9-13-28-51(45)58/h1-36H,37H2. The van der Waals surface area contributed by atoms with E-state index in [2.05, 4.69) is 228 Å². The molecule has 1 spiro atoms. The van der Waals surface area contributed by atoms with Crippen molar-refractivity contribution < 1.29 is 0 Å². The van der Waals surface area contributed by atoms with Gasteiger partial charge in [-0.2, -0.15) is 0 Å². The first-order chi connectivity index (χ1) is 29.8. The summed E-state index contributed by atoms with van der Waals surface area (Å²) >= 11 is 0. The Bertz CT molecular complexity index is 3490. The Labute approximate surface area is 348 Å². The van der Waals surface area contributed by atoms with Crippen LogP contribution in [-0.4, -0.2) is 4.57 Å². The largest absolute Gasteiger partial charge is 0.309 e. The first-order valence-electron chi connectivity index (χ1n) is 21.0. The first kappa shape index (κ1) is 33.3. The average Bonchev–Trinajstić information content (AvgIpc) is 3.80. The smallest absolute Gasteiger partial charge is 0.0562 e. The quantitative estimate of drug-likeness (QED) is 0.162. The molecule has 280 valence electrons. The molecule has 0 amide bonds. The van der Waals surface area contributed by atoms with E-state index in [1.807, 2.05) is 0 Å². The summed E-state index contributed by atoms with van der Waals surface area (Å²) in [6.07, 6.45) is 0.896. The third kappa shape index (κ3) is 4.53. The summed E-state index contributed by atoms with van der Waals surface area (Å²) in [5.74, 6) is 0. The third-order valence-electron chi connectivity index (χ3n) is 13.5. The monoisotopic (exact) mass is 762 g/mol. The fourth-order valence-electron chi connectivity index (χ4n) is 11.1. The predicted molar refractivity (Wildman–Crippen MR) is 251 cm³/mol. The van der Waals surface area contributed by atoms with Gasteiger partial charge in [-0.25, -0.2) is 0 Å². The van der Waals surface area contributed by atoms with Gasteiger partial charge in [-0.3, -0.25) is 0 Å². The molecule has 0 saturated carbocycles. The van der Waals surface area contributed by atoms with Gasteiger partial charge >= 0.3 is 0 Å². The van der Waals surface area contributed by atoms with Crippen molar-refractivity contribution in [3.05, 3.63) is 241 Å². The maximum Gasteiger partial charge on any atom is 0.0562 e. The average molecular weight is 763 g/mol. The van der Waals surface area contributed by atoms with Gasteiger partial charge in [0.1, 0.15) is 0 Å². The van der Waals surface area contributed by atoms with Crippen molar-refractivity contribution in [1.82, 2.24) is 4.57 Å². The molecule has 0 atom stereocenters. The molecule has 1 heterocycles. The SMILES string of the molecule is c1ccc(-n2c3ccccc3c3c(N(c4ccc5c(c4)-c4ccccc4C4(C5)c5ccccc5-c5ccccc54)c4cc5ccccc5c5ccccc45)cccc32)cc1. The highest BCUT2D eigenvalue weighted by Crippen LogP contribution is 2.59. The van der Waals surface area contributed by atoms with Crippen LogP contribution < -0.4 is 4.90 Å². The number of rotatable bonds is 4. The van der Waals surface area contributed by atoms with Gasteiger partial charge in [0.05, 0.1) is 27.8 Å². The fourth-order valence-corrected chi connectivity index (χ4v) is 11.1. The number of hydrogen-bond donors (Lipinski definition) is 0. The number of aromatic nitrogens is 1. The van der Waals surface area contributed by atoms with Crippen molar-refractivity contribution in [2.75, 3.05) is 4.90 Å². The van der Waals surface area contributed by atoms with E-state index in [0.717, 1.165) is 29.2 Å². The Hall–Kier alpha value is -7.68. The van der Waals surface area contributed by atoms with Crippen molar-refractivity contribution in [2.24, 2.45) is 0 Å². The zero-order chi connectivity index (χ0) is 39.4. The van der Waals surface area contributed by atoms with Gasteiger partial charge < -0.3 is 9.47 Å². The lowest BCUT2D eigenvalue weighted by atomic mass is 9.63. The number of anilines is 3. The molecule has 10 aromatic carbocycles. The molecule has 2 aliphatic carbocycles. The summed E-state index contributed by atoms with van der Waals surface area (Å²) in [5, 5.41) is 7.40. The summed E-state index contributed by atoms with van der Waals surface area (Å²) in [6, 6.07) is 81.3. The van der Waals surface area contributed by atoms with E-state index >= 15 is 0 Å². The highest BCUT2D eigenvalue weighted by Gasteiger charge is 2.48. The Morgan fingerprint density at radius 3 is 1.68 bits per heavy atom. The zero-order valence-electron chi connectivity index (χ0n) is 32.9. The van der Waals surface area contributed by atoms with Gasteiger partial charge in [0.15, 0.2) is 0 Å². The second-order valence-corrected chi connectivity index (χ2v) is 16.4. The van der Waals surface area contributed by atoms with E-state index in [-0.39, 0.29) is 5.41 Å². The minimum absolute atomic E-state index is 0.266. The van der Waals surface area contributed by atoms with E-state index < -0.39 is 0 Å². The van der Waals surface area contributed by atoms with Crippen LogP contribution in [0.25, 0.3) is 71.3 Å². The van der Waals surface area contributed by atoms with Crippen LogP contribution in [0.3, 0.4) is 0 Å². The molecular formula is C58H38N2. The number of para-hydroxylation sites is 2. The van der Waals surface area contributed by atoms with Crippen LogP contribution >= 0.6 is 0 Å². The highest BCUT2D eigenvalue weighted by atomic mass is 15.1. The van der Waals surface area contributed by atoms with Crippen LogP contribution in [0.1, 0.15) is 22.3 Å². The van der Waals surface area contributed by atoms with Crippen LogP contribution in [0, 0.1) is 0 Å². The third-order valence-corrected chi connectivity index (χ3v) is 13.5. The number of fused-ring (bicyclic) bond motifs is 15. The van der Waals surface area contributed by atoms with E-state index in [4.69, 9.17) is 0 Å². The number of benzene rings is 10. The van der Waals surface area contributed by atoms with Crippen molar-refractivity contribution in [3.8, 4) is 27.9 Å². The van der Waals surface area contributed by atoms with E-state index in [1.165, 1.54) is 87.9 Å². The molecule has 0 fully saturated rings. The molecule has 2 heteroatoms. The lowest BCUT2D eigenvalue weighted by Crippen LogP contribution is -2.33. The molecule has 0 unspecified atom stereocenters. The molecule has 13 rings (SSSR count). The topological polar surface area (TPSA) is 8.17 Å². The van der Waals surface area contributed by atoms with E-state index in [9.17, 15) is 0 Å². The molecule has 1 aromatic heterocycles. The van der Waals surface area contributed by atoms with Gasteiger partial charge in [0.2, 0.25) is 0 Å². The van der Waals surface area contributed by atoms with Crippen LogP contribution in [0.2, 0.25) is 0 Å². The van der Waals surface area contributed by atoms with E-state index in [0.29, 0.717) is 0 Å². The van der Waals surface area contributed by atoms with Crippen LogP contribution in [-0.2, 0) is 11.8 Å². The predicted octanol–water partition coefficient (Wildman–Crippen LogP) is 15.1. The normalized spacial score (nSPS) is 13.4. The molecule has 2 aliphatic rings. The second-order valence-electron chi connectivity index (χ2n) is 16.4. The molecule has 0 bridgehead atoms. The minimum atomic E-state index is -0.266. The minimum Gasteiger partial charge on any atom is -0.309 e. The Balaban J connectivity index is 1.11. The first-order valence-corrected chi connectivity index (χ1v) is 21.0. The summed E-state index contributed by atoms with van der Waals surface area (Å²) in [6.45, 7) is 0. The lowest BCUT2D eigenvalue weighted by molar-refractivity contribution is 0.622. The molecule has 11 aromatic rings. The molecule has 60 heavy (non-hydrogen) atoms. The number of hydrogen-bond acceptors (Lipinski definition) is 1. The molecule has 0 aliphatic heterocycles. The Morgan fingerprint density at radius 1 is 0.383 bits per heavy atom. The lowest BCUT2D eigenvalue weighted by Gasteiger charge is -2.40. The second kappa shape index (κ2) is 12.7. The van der Waals surface area contributed by atoms with Gasteiger partial charge in [-0.15, -0.1) is 0 Å². The number of nitrogens with zero attached hydrogens (tertiary/aromatic N) is 2. The van der Waals surface area contributed by atoms with Gasteiger partial charge in [0, 0.05) is 27.5 Å². The van der Waals surface area contributed by atoms with E-state index in [1.54, 1.807) is 0 Å².